The van der Waals surface area contributed by atoms with E-state index in [1.54, 1.807) is 6.07 Å². The van der Waals surface area contributed by atoms with Gasteiger partial charge in [-0.1, -0.05) is 4.47 Å². The SMILES string of the molecule is COc1ccc(S(=O)(=O)N2CCCO2)c(N)c1. The van der Waals surface area contributed by atoms with Gasteiger partial charge in [0.25, 0.3) is 10.0 Å². The highest BCUT2D eigenvalue weighted by atomic mass is 32.2. The molecule has 2 N–H and O–H groups in total. The third-order valence-electron chi connectivity index (χ3n) is 2.48. The minimum absolute atomic E-state index is 0.0419. The van der Waals surface area contributed by atoms with Gasteiger partial charge in [-0.25, -0.2) is 8.42 Å². The first-order chi connectivity index (χ1) is 8.05. The van der Waals surface area contributed by atoms with Gasteiger partial charge in [0, 0.05) is 12.6 Å². The van der Waals surface area contributed by atoms with E-state index in [2.05, 4.69) is 0 Å². The quantitative estimate of drug-likeness (QED) is 0.803. The van der Waals surface area contributed by atoms with Crippen LogP contribution >= 0.6 is 0 Å². The van der Waals surface area contributed by atoms with Crippen molar-refractivity contribution in [3.05, 3.63) is 18.2 Å². The molecule has 1 saturated heterocycles. The second-order valence-electron chi connectivity index (χ2n) is 3.62. The number of hydrogen-bond acceptors (Lipinski definition) is 5. The average molecular weight is 258 g/mol. The van der Waals surface area contributed by atoms with E-state index >= 15 is 0 Å². The van der Waals surface area contributed by atoms with Crippen LogP contribution in [0.25, 0.3) is 0 Å². The Labute approximate surface area is 99.9 Å². The van der Waals surface area contributed by atoms with Gasteiger partial charge in [0.1, 0.15) is 10.6 Å². The fourth-order valence-electron chi connectivity index (χ4n) is 1.61. The van der Waals surface area contributed by atoms with Gasteiger partial charge in [-0.3, -0.25) is 4.84 Å². The number of hydroxylamine groups is 1. The zero-order chi connectivity index (χ0) is 12.5. The molecule has 7 heteroatoms. The lowest BCUT2D eigenvalue weighted by atomic mass is 10.3. The van der Waals surface area contributed by atoms with Crippen molar-refractivity contribution in [3.63, 3.8) is 0 Å². The summed E-state index contributed by atoms with van der Waals surface area (Å²) in [4.78, 5) is 5.08. The molecule has 1 heterocycles. The normalized spacial score (nSPS) is 17.2. The largest absolute Gasteiger partial charge is 0.497 e. The van der Waals surface area contributed by atoms with E-state index in [0.29, 0.717) is 25.3 Å². The first kappa shape index (κ1) is 12.2. The van der Waals surface area contributed by atoms with Gasteiger partial charge in [-0.15, -0.1) is 0 Å². The van der Waals surface area contributed by atoms with Gasteiger partial charge >= 0.3 is 0 Å². The van der Waals surface area contributed by atoms with Crippen LogP contribution in [0, 0.1) is 0 Å². The molecule has 17 heavy (non-hydrogen) atoms. The average Bonchev–Trinajstić information content (AvgIpc) is 2.82. The van der Waals surface area contributed by atoms with Crippen LogP contribution < -0.4 is 10.5 Å². The standard InChI is InChI=1S/C10H14N2O4S/c1-15-8-3-4-10(9(11)7-8)17(13,14)12-5-2-6-16-12/h3-4,7H,2,5-6,11H2,1H3. The van der Waals surface area contributed by atoms with Gasteiger partial charge in [0.2, 0.25) is 0 Å². The molecule has 0 saturated carbocycles. The molecule has 94 valence electrons. The molecule has 1 aliphatic rings. The van der Waals surface area contributed by atoms with Crippen LogP contribution in [-0.2, 0) is 14.9 Å². The minimum atomic E-state index is -3.66. The van der Waals surface area contributed by atoms with Crippen LogP contribution in [-0.4, -0.2) is 33.1 Å². The number of ether oxygens (including phenoxy) is 1. The number of anilines is 1. The number of methoxy groups -OCH3 is 1. The van der Waals surface area contributed by atoms with Crippen LogP contribution in [0.3, 0.4) is 0 Å². The first-order valence-corrected chi connectivity index (χ1v) is 6.59. The van der Waals surface area contributed by atoms with E-state index < -0.39 is 10.0 Å². The summed E-state index contributed by atoms with van der Waals surface area (Å²) in [6.45, 7) is 0.767. The lowest BCUT2D eigenvalue weighted by Gasteiger charge is -2.16. The van der Waals surface area contributed by atoms with Crippen LogP contribution in [0.1, 0.15) is 6.42 Å². The van der Waals surface area contributed by atoms with Gasteiger partial charge in [0.15, 0.2) is 0 Å². The topological polar surface area (TPSA) is 81.9 Å². The molecule has 0 unspecified atom stereocenters. The molecule has 1 fully saturated rings. The lowest BCUT2D eigenvalue weighted by molar-refractivity contribution is -0.0284. The Balaban J connectivity index is 2.39. The summed E-state index contributed by atoms with van der Waals surface area (Å²) in [5.41, 5.74) is 5.86. The van der Waals surface area contributed by atoms with Crippen molar-refractivity contribution in [1.82, 2.24) is 4.47 Å². The number of benzene rings is 1. The van der Waals surface area contributed by atoms with Gasteiger partial charge < -0.3 is 10.5 Å². The highest BCUT2D eigenvalue weighted by Crippen LogP contribution is 2.27. The Morgan fingerprint density at radius 1 is 1.47 bits per heavy atom. The zero-order valence-electron chi connectivity index (χ0n) is 9.42. The van der Waals surface area contributed by atoms with Crippen molar-refractivity contribution in [2.75, 3.05) is 26.0 Å². The maximum atomic E-state index is 12.1. The van der Waals surface area contributed by atoms with Crippen molar-refractivity contribution in [2.45, 2.75) is 11.3 Å². The minimum Gasteiger partial charge on any atom is -0.497 e. The van der Waals surface area contributed by atoms with Gasteiger partial charge in [-0.2, -0.15) is 0 Å². The maximum Gasteiger partial charge on any atom is 0.267 e. The number of nitrogens with zero attached hydrogens (tertiary/aromatic N) is 1. The third-order valence-corrected chi connectivity index (χ3v) is 4.24. The molecule has 1 aliphatic heterocycles. The number of nitrogen functional groups attached to an aromatic ring is 1. The third kappa shape index (κ3) is 2.21. The Morgan fingerprint density at radius 3 is 2.76 bits per heavy atom. The maximum absolute atomic E-state index is 12.1. The van der Waals surface area contributed by atoms with Crippen molar-refractivity contribution in [1.29, 1.82) is 0 Å². The Hall–Kier alpha value is -1.31. The van der Waals surface area contributed by atoms with Crippen molar-refractivity contribution in [2.24, 2.45) is 0 Å². The summed E-state index contributed by atoms with van der Waals surface area (Å²) in [5, 5.41) is 0. The molecule has 0 aliphatic carbocycles. The Bertz CT molecular complexity index is 509. The number of hydrogen-bond donors (Lipinski definition) is 1. The first-order valence-electron chi connectivity index (χ1n) is 5.15. The van der Waals surface area contributed by atoms with Crippen LogP contribution in [0.15, 0.2) is 23.1 Å². The summed E-state index contributed by atoms with van der Waals surface area (Å²) in [6, 6.07) is 4.45. The fraction of sp³-hybridized carbons (Fsp3) is 0.400. The smallest absolute Gasteiger partial charge is 0.267 e. The second-order valence-corrected chi connectivity index (χ2v) is 5.42. The molecule has 2 rings (SSSR count). The van der Waals surface area contributed by atoms with Crippen LogP contribution in [0.5, 0.6) is 5.75 Å². The van der Waals surface area contributed by atoms with Crippen LogP contribution in [0.2, 0.25) is 0 Å². The summed E-state index contributed by atoms with van der Waals surface area (Å²) in [5.74, 6) is 0.517. The molecular formula is C10H14N2O4S. The molecule has 0 atom stereocenters. The molecule has 0 spiro atoms. The van der Waals surface area contributed by atoms with Crippen molar-refractivity contribution >= 4 is 15.7 Å². The van der Waals surface area contributed by atoms with E-state index in [0.717, 1.165) is 4.47 Å². The Morgan fingerprint density at radius 2 is 2.24 bits per heavy atom. The number of sulfonamides is 1. The molecule has 6 nitrogen and oxygen atoms in total. The highest BCUT2D eigenvalue weighted by molar-refractivity contribution is 7.89. The monoisotopic (exact) mass is 258 g/mol. The van der Waals surface area contributed by atoms with E-state index in [1.807, 2.05) is 0 Å². The summed E-state index contributed by atoms with van der Waals surface area (Å²) >= 11 is 0. The van der Waals surface area contributed by atoms with E-state index in [1.165, 1.54) is 19.2 Å². The predicted octanol–water partition coefficient (Wildman–Crippen LogP) is 0.603. The molecule has 0 amide bonds. The molecule has 1 aromatic carbocycles. The van der Waals surface area contributed by atoms with Gasteiger partial charge in [0.05, 0.1) is 19.4 Å². The molecule has 1 aromatic rings. The van der Waals surface area contributed by atoms with E-state index in [4.69, 9.17) is 15.3 Å². The summed E-state index contributed by atoms with van der Waals surface area (Å²) in [7, 11) is -2.17. The van der Waals surface area contributed by atoms with Gasteiger partial charge in [-0.05, 0) is 18.6 Å². The van der Waals surface area contributed by atoms with Crippen LogP contribution in [0.4, 0.5) is 5.69 Å². The second kappa shape index (κ2) is 4.52. The van der Waals surface area contributed by atoms with E-state index in [-0.39, 0.29) is 10.6 Å². The highest BCUT2D eigenvalue weighted by Gasteiger charge is 2.30. The van der Waals surface area contributed by atoms with Crippen molar-refractivity contribution in [3.8, 4) is 5.75 Å². The Kier molecular flexibility index (Phi) is 3.23. The molecular weight excluding hydrogens is 244 g/mol. The molecule has 0 bridgehead atoms. The molecule has 0 aromatic heterocycles. The fourth-order valence-corrected chi connectivity index (χ4v) is 3.01. The van der Waals surface area contributed by atoms with E-state index in [9.17, 15) is 8.42 Å². The van der Waals surface area contributed by atoms with Crippen molar-refractivity contribution < 1.29 is 18.0 Å². The lowest BCUT2D eigenvalue weighted by Crippen LogP contribution is -2.27. The molecule has 0 radical (unpaired) electrons. The number of rotatable bonds is 3. The summed E-state index contributed by atoms with van der Waals surface area (Å²) < 4.78 is 30.2. The number of nitrogens with two attached hydrogens (primary N) is 1. The predicted molar refractivity (Wildman–Crippen MR) is 61.9 cm³/mol. The summed E-state index contributed by atoms with van der Waals surface area (Å²) in [6.07, 6.45) is 0.690. The zero-order valence-corrected chi connectivity index (χ0v) is 10.2.